The Hall–Kier alpha value is -0.610. The van der Waals surface area contributed by atoms with E-state index in [1.165, 1.54) is 51.4 Å². The first kappa shape index (κ1) is 16.6. The SMILES string of the molecule is O=C(CC12CC3CC(CC(C3)C1)C2)N1CCC[C@H]1CN1CCOCC1. The summed E-state index contributed by atoms with van der Waals surface area (Å²) in [5, 5.41) is 0. The summed E-state index contributed by atoms with van der Waals surface area (Å²) < 4.78 is 5.48. The van der Waals surface area contributed by atoms with Crippen molar-refractivity contribution in [2.45, 2.75) is 63.8 Å². The molecule has 2 saturated heterocycles. The lowest BCUT2D eigenvalue weighted by molar-refractivity contribution is -0.140. The van der Waals surface area contributed by atoms with Crippen LogP contribution in [0.5, 0.6) is 0 Å². The van der Waals surface area contributed by atoms with Crippen LogP contribution in [-0.2, 0) is 9.53 Å². The van der Waals surface area contributed by atoms with E-state index in [0.717, 1.165) is 63.6 Å². The molecule has 0 unspecified atom stereocenters. The zero-order chi connectivity index (χ0) is 16.9. The van der Waals surface area contributed by atoms with Gasteiger partial charge in [-0.3, -0.25) is 9.69 Å². The van der Waals surface area contributed by atoms with Gasteiger partial charge in [-0.05, 0) is 74.5 Å². The molecule has 6 fully saturated rings. The van der Waals surface area contributed by atoms with Gasteiger partial charge in [0, 0.05) is 38.6 Å². The zero-order valence-corrected chi connectivity index (χ0v) is 15.6. The van der Waals surface area contributed by atoms with Crippen LogP contribution < -0.4 is 0 Å². The van der Waals surface area contributed by atoms with E-state index >= 15 is 0 Å². The van der Waals surface area contributed by atoms with Crippen LogP contribution in [0.25, 0.3) is 0 Å². The van der Waals surface area contributed by atoms with Crippen LogP contribution in [0.3, 0.4) is 0 Å². The lowest BCUT2D eigenvalue weighted by Gasteiger charge is -2.57. The minimum atomic E-state index is 0.387. The van der Waals surface area contributed by atoms with Gasteiger partial charge in [-0.25, -0.2) is 0 Å². The molecule has 6 aliphatic rings. The topological polar surface area (TPSA) is 32.8 Å². The van der Waals surface area contributed by atoms with Gasteiger partial charge in [-0.15, -0.1) is 0 Å². The monoisotopic (exact) mass is 346 g/mol. The van der Waals surface area contributed by atoms with Gasteiger partial charge in [0.2, 0.25) is 5.91 Å². The summed E-state index contributed by atoms with van der Waals surface area (Å²) in [7, 11) is 0. The second-order valence-electron chi connectivity index (χ2n) is 9.89. The fourth-order valence-corrected chi connectivity index (χ4v) is 7.36. The largest absolute Gasteiger partial charge is 0.379 e. The number of amides is 1. The van der Waals surface area contributed by atoms with E-state index in [1.807, 2.05) is 0 Å². The predicted octanol–water partition coefficient (Wildman–Crippen LogP) is 2.92. The molecule has 4 aliphatic carbocycles. The van der Waals surface area contributed by atoms with Gasteiger partial charge in [0.15, 0.2) is 0 Å². The van der Waals surface area contributed by atoms with Crippen molar-refractivity contribution >= 4 is 5.91 Å². The van der Waals surface area contributed by atoms with Crippen LogP contribution in [0.4, 0.5) is 0 Å². The average Bonchev–Trinajstić information content (AvgIpc) is 3.02. The molecule has 140 valence electrons. The highest BCUT2D eigenvalue weighted by Crippen LogP contribution is 2.61. The molecule has 4 heteroatoms. The maximum atomic E-state index is 13.3. The Morgan fingerprint density at radius 3 is 2.24 bits per heavy atom. The maximum Gasteiger partial charge on any atom is 0.223 e. The van der Waals surface area contributed by atoms with Crippen molar-refractivity contribution in [2.24, 2.45) is 23.2 Å². The van der Waals surface area contributed by atoms with Crippen molar-refractivity contribution in [3.63, 3.8) is 0 Å². The minimum Gasteiger partial charge on any atom is -0.379 e. The second kappa shape index (κ2) is 6.53. The molecule has 4 bridgehead atoms. The fourth-order valence-electron chi connectivity index (χ4n) is 7.36. The van der Waals surface area contributed by atoms with E-state index in [1.54, 1.807) is 0 Å². The van der Waals surface area contributed by atoms with Gasteiger partial charge in [0.1, 0.15) is 0 Å². The predicted molar refractivity (Wildman–Crippen MR) is 97.2 cm³/mol. The van der Waals surface area contributed by atoms with E-state index in [4.69, 9.17) is 4.74 Å². The zero-order valence-electron chi connectivity index (χ0n) is 15.6. The molecule has 0 aromatic heterocycles. The van der Waals surface area contributed by atoms with Crippen molar-refractivity contribution in [3.05, 3.63) is 0 Å². The molecule has 0 aromatic rings. The van der Waals surface area contributed by atoms with Crippen molar-refractivity contribution < 1.29 is 9.53 Å². The van der Waals surface area contributed by atoms with Crippen LogP contribution in [0.2, 0.25) is 0 Å². The smallest absolute Gasteiger partial charge is 0.223 e. The summed E-state index contributed by atoms with van der Waals surface area (Å²) in [6.07, 6.45) is 11.7. The first-order valence-corrected chi connectivity index (χ1v) is 10.8. The molecule has 0 aromatic carbocycles. The number of carbonyl (C=O) groups is 1. The van der Waals surface area contributed by atoms with Crippen LogP contribution in [0, 0.1) is 23.2 Å². The Labute approximate surface area is 152 Å². The van der Waals surface area contributed by atoms with Crippen LogP contribution in [0.15, 0.2) is 0 Å². The summed E-state index contributed by atoms with van der Waals surface area (Å²) in [5.74, 6) is 3.32. The normalized spacial score (nSPS) is 43.8. The van der Waals surface area contributed by atoms with Gasteiger partial charge in [0.25, 0.3) is 0 Å². The third-order valence-corrected chi connectivity index (χ3v) is 7.96. The Morgan fingerprint density at radius 2 is 1.60 bits per heavy atom. The highest BCUT2D eigenvalue weighted by atomic mass is 16.5. The summed E-state index contributed by atoms with van der Waals surface area (Å²) in [6, 6.07) is 0.458. The minimum absolute atomic E-state index is 0.387. The standard InChI is InChI=1S/C21H34N2O2/c24-20(14-21-11-16-8-17(12-21)10-18(9-16)13-21)23-3-1-2-19(23)15-22-4-6-25-7-5-22/h16-19H,1-15H2/t16?,17?,18?,19-,21?/m0/s1. The van der Waals surface area contributed by atoms with Crippen molar-refractivity contribution in [3.8, 4) is 0 Å². The Kier molecular flexibility index (Phi) is 4.32. The van der Waals surface area contributed by atoms with Gasteiger partial charge < -0.3 is 9.64 Å². The first-order chi connectivity index (χ1) is 12.2. The van der Waals surface area contributed by atoms with Crippen LogP contribution in [-0.4, -0.2) is 61.1 Å². The second-order valence-corrected chi connectivity index (χ2v) is 9.89. The van der Waals surface area contributed by atoms with Crippen LogP contribution >= 0.6 is 0 Å². The quantitative estimate of drug-likeness (QED) is 0.785. The van der Waals surface area contributed by atoms with E-state index < -0.39 is 0 Å². The summed E-state index contributed by atoms with van der Waals surface area (Å²) in [4.78, 5) is 18.0. The number of hydrogen-bond donors (Lipinski definition) is 0. The first-order valence-electron chi connectivity index (χ1n) is 10.8. The number of morpholine rings is 1. The molecule has 1 amide bonds. The number of rotatable bonds is 4. The molecule has 0 N–H and O–H groups in total. The maximum absolute atomic E-state index is 13.3. The lowest BCUT2D eigenvalue weighted by Crippen LogP contribution is -2.50. The molecule has 0 spiro atoms. The van der Waals surface area contributed by atoms with E-state index in [-0.39, 0.29) is 0 Å². The molecule has 4 nitrogen and oxygen atoms in total. The number of ether oxygens (including phenoxy) is 1. The third-order valence-electron chi connectivity index (χ3n) is 7.96. The van der Waals surface area contributed by atoms with Crippen molar-refractivity contribution in [1.82, 2.24) is 9.80 Å². The molecule has 6 rings (SSSR count). The number of likely N-dealkylation sites (tertiary alicyclic amines) is 1. The summed E-state index contributed by atoms with van der Waals surface area (Å²) in [5.41, 5.74) is 0.387. The lowest BCUT2D eigenvalue weighted by atomic mass is 9.49. The van der Waals surface area contributed by atoms with E-state index in [9.17, 15) is 4.79 Å². The molecular formula is C21H34N2O2. The van der Waals surface area contributed by atoms with Gasteiger partial charge in [-0.1, -0.05) is 0 Å². The van der Waals surface area contributed by atoms with Gasteiger partial charge in [0.05, 0.1) is 13.2 Å². The van der Waals surface area contributed by atoms with Crippen LogP contribution in [0.1, 0.15) is 57.8 Å². The number of nitrogens with zero attached hydrogens (tertiary/aromatic N) is 2. The summed E-state index contributed by atoms with van der Waals surface area (Å²) >= 11 is 0. The fraction of sp³-hybridized carbons (Fsp3) is 0.952. The highest BCUT2D eigenvalue weighted by molar-refractivity contribution is 5.77. The van der Waals surface area contributed by atoms with Crippen molar-refractivity contribution in [1.29, 1.82) is 0 Å². The third kappa shape index (κ3) is 3.25. The molecular weight excluding hydrogens is 312 g/mol. The molecule has 2 heterocycles. The molecule has 1 atom stereocenters. The number of carbonyl (C=O) groups excluding carboxylic acids is 1. The molecule has 2 aliphatic heterocycles. The average molecular weight is 347 g/mol. The number of hydrogen-bond acceptors (Lipinski definition) is 3. The van der Waals surface area contributed by atoms with Gasteiger partial charge >= 0.3 is 0 Å². The Morgan fingerprint density at radius 1 is 0.960 bits per heavy atom. The summed E-state index contributed by atoms with van der Waals surface area (Å²) in [6.45, 7) is 5.85. The molecule has 25 heavy (non-hydrogen) atoms. The Balaban J connectivity index is 1.23. The van der Waals surface area contributed by atoms with E-state index in [0.29, 0.717) is 17.4 Å². The van der Waals surface area contributed by atoms with E-state index in [2.05, 4.69) is 9.80 Å². The molecule has 0 radical (unpaired) electrons. The Bertz CT molecular complexity index is 479. The molecule has 4 saturated carbocycles. The van der Waals surface area contributed by atoms with Crippen molar-refractivity contribution in [2.75, 3.05) is 39.4 Å². The highest BCUT2D eigenvalue weighted by Gasteiger charge is 2.52. The van der Waals surface area contributed by atoms with Gasteiger partial charge in [-0.2, -0.15) is 0 Å².